The highest BCUT2D eigenvalue weighted by atomic mass is 32.2. The van der Waals surface area contributed by atoms with E-state index in [-0.39, 0.29) is 5.91 Å². The summed E-state index contributed by atoms with van der Waals surface area (Å²) in [4.78, 5) is 15.5. The molecule has 134 valence electrons. The minimum absolute atomic E-state index is 0.0614. The van der Waals surface area contributed by atoms with Gasteiger partial charge in [0.25, 0.3) is 0 Å². The Morgan fingerprint density at radius 3 is 2.73 bits per heavy atom. The van der Waals surface area contributed by atoms with Crippen LogP contribution in [-0.4, -0.2) is 33.5 Å². The number of anilines is 1. The highest BCUT2D eigenvalue weighted by Gasteiger charge is 2.30. The smallest absolute Gasteiger partial charge is 0.237 e. The molecule has 0 saturated heterocycles. The zero-order valence-corrected chi connectivity index (χ0v) is 16.2. The Hall–Kier alpha value is -2.12. The number of carbonyl (C=O) groups excluding carboxylic acids is 1. The van der Waals surface area contributed by atoms with Crippen LogP contribution in [0.3, 0.4) is 0 Å². The molecule has 1 aliphatic carbocycles. The number of aromatic nitrogens is 3. The summed E-state index contributed by atoms with van der Waals surface area (Å²) in [7, 11) is 1.81. The normalized spacial score (nSPS) is 13.7. The van der Waals surface area contributed by atoms with Crippen LogP contribution >= 0.6 is 23.1 Å². The number of carbonyl (C=O) groups is 1. The van der Waals surface area contributed by atoms with Crippen molar-refractivity contribution in [2.24, 2.45) is 0 Å². The van der Waals surface area contributed by atoms with Crippen LogP contribution in [0.1, 0.15) is 29.6 Å². The number of nitrogens with zero attached hydrogens (tertiary/aromatic N) is 4. The fourth-order valence-electron chi connectivity index (χ4n) is 2.81. The molecule has 1 amide bonds. The van der Waals surface area contributed by atoms with Crippen molar-refractivity contribution in [1.82, 2.24) is 14.8 Å². The maximum Gasteiger partial charge on any atom is 0.237 e. The van der Waals surface area contributed by atoms with Gasteiger partial charge in [0, 0.05) is 30.1 Å². The lowest BCUT2D eigenvalue weighted by Gasteiger charge is -2.17. The average molecular weight is 385 g/mol. The Labute approximate surface area is 161 Å². The van der Waals surface area contributed by atoms with Gasteiger partial charge in [-0.2, -0.15) is 0 Å². The van der Waals surface area contributed by atoms with Gasteiger partial charge in [-0.3, -0.25) is 4.79 Å². The molecular formula is C19H20N4OS2. The van der Waals surface area contributed by atoms with Gasteiger partial charge in [0.05, 0.1) is 5.75 Å². The molecule has 1 saturated carbocycles. The van der Waals surface area contributed by atoms with E-state index in [9.17, 15) is 4.79 Å². The summed E-state index contributed by atoms with van der Waals surface area (Å²) < 4.78 is 2.24. The monoisotopic (exact) mass is 384 g/mol. The molecule has 2 aromatic heterocycles. The van der Waals surface area contributed by atoms with E-state index in [0.29, 0.717) is 11.8 Å². The number of thioether (sulfide) groups is 1. The first kappa shape index (κ1) is 17.3. The highest BCUT2D eigenvalue weighted by molar-refractivity contribution is 7.99. The van der Waals surface area contributed by atoms with Crippen LogP contribution in [0, 0.1) is 0 Å². The van der Waals surface area contributed by atoms with Gasteiger partial charge >= 0.3 is 0 Å². The summed E-state index contributed by atoms with van der Waals surface area (Å²) in [6.07, 6.45) is 3.14. The van der Waals surface area contributed by atoms with Gasteiger partial charge in [-0.15, -0.1) is 21.5 Å². The maximum atomic E-state index is 12.5. The van der Waals surface area contributed by atoms with E-state index in [1.54, 1.807) is 16.2 Å². The lowest BCUT2D eigenvalue weighted by atomic mass is 10.3. The number of amides is 1. The predicted molar refractivity (Wildman–Crippen MR) is 106 cm³/mol. The Morgan fingerprint density at radius 2 is 2.04 bits per heavy atom. The van der Waals surface area contributed by atoms with Crippen molar-refractivity contribution >= 4 is 34.7 Å². The molecule has 1 aromatic carbocycles. The zero-order chi connectivity index (χ0) is 17.9. The van der Waals surface area contributed by atoms with Gasteiger partial charge in [0.2, 0.25) is 5.91 Å². The van der Waals surface area contributed by atoms with Crippen LogP contribution in [0.25, 0.3) is 0 Å². The van der Waals surface area contributed by atoms with E-state index in [4.69, 9.17) is 0 Å². The molecule has 2 heterocycles. The van der Waals surface area contributed by atoms with E-state index < -0.39 is 0 Å². The molecule has 5 nitrogen and oxygen atoms in total. The zero-order valence-electron chi connectivity index (χ0n) is 14.5. The third-order valence-electron chi connectivity index (χ3n) is 4.40. The van der Waals surface area contributed by atoms with Gasteiger partial charge in [0.1, 0.15) is 5.82 Å². The van der Waals surface area contributed by atoms with Gasteiger partial charge in [-0.1, -0.05) is 36.0 Å². The second-order valence-corrected chi connectivity index (χ2v) is 8.31. The fourth-order valence-corrected chi connectivity index (χ4v) is 4.45. The van der Waals surface area contributed by atoms with Crippen molar-refractivity contribution in [3.63, 3.8) is 0 Å². The average Bonchev–Trinajstić information content (AvgIpc) is 3.22. The largest absolute Gasteiger partial charge is 0.315 e. The first-order valence-corrected chi connectivity index (χ1v) is 10.5. The summed E-state index contributed by atoms with van der Waals surface area (Å²) in [5, 5.41) is 11.7. The standard InChI is InChI=1S/C19H20N4OS2/c1-22(14-6-3-2-4-7-14)18(24)13-26-19-21-20-17(23(19)15-9-10-15)12-16-8-5-11-25-16/h2-8,11,15H,9-10,12-13H2,1H3. The first-order valence-electron chi connectivity index (χ1n) is 8.63. The van der Waals surface area contributed by atoms with Crippen molar-refractivity contribution in [2.45, 2.75) is 30.5 Å². The van der Waals surface area contributed by atoms with E-state index in [1.165, 1.54) is 29.5 Å². The summed E-state index contributed by atoms with van der Waals surface area (Å²) in [6.45, 7) is 0. The number of hydrogen-bond acceptors (Lipinski definition) is 5. The van der Waals surface area contributed by atoms with Crippen LogP contribution in [0.5, 0.6) is 0 Å². The number of para-hydroxylation sites is 1. The Morgan fingerprint density at radius 1 is 1.23 bits per heavy atom. The lowest BCUT2D eigenvalue weighted by molar-refractivity contribution is -0.115. The molecule has 3 aromatic rings. The molecule has 1 fully saturated rings. The topological polar surface area (TPSA) is 51.0 Å². The minimum Gasteiger partial charge on any atom is -0.315 e. The Balaban J connectivity index is 1.45. The third-order valence-corrected chi connectivity index (χ3v) is 6.21. The van der Waals surface area contributed by atoms with E-state index >= 15 is 0 Å². The van der Waals surface area contributed by atoms with Crippen LogP contribution in [0.4, 0.5) is 5.69 Å². The Kier molecular flexibility index (Phi) is 5.08. The Bertz CT molecular complexity index is 872. The molecule has 0 atom stereocenters. The van der Waals surface area contributed by atoms with Crippen molar-refractivity contribution in [2.75, 3.05) is 17.7 Å². The van der Waals surface area contributed by atoms with Gasteiger partial charge in [-0.05, 0) is 36.4 Å². The molecule has 26 heavy (non-hydrogen) atoms. The van der Waals surface area contributed by atoms with Crippen LogP contribution in [0.15, 0.2) is 53.0 Å². The minimum atomic E-state index is 0.0614. The quantitative estimate of drug-likeness (QED) is 0.577. The molecule has 4 rings (SSSR count). The molecule has 0 radical (unpaired) electrons. The molecule has 0 N–H and O–H groups in total. The molecule has 0 bridgehead atoms. The molecule has 1 aliphatic rings. The maximum absolute atomic E-state index is 12.5. The molecule has 7 heteroatoms. The first-order chi connectivity index (χ1) is 12.7. The summed E-state index contributed by atoms with van der Waals surface area (Å²) in [5.41, 5.74) is 0.903. The third kappa shape index (κ3) is 3.83. The van der Waals surface area contributed by atoms with Gasteiger partial charge in [0.15, 0.2) is 5.16 Å². The fraction of sp³-hybridized carbons (Fsp3) is 0.316. The van der Waals surface area contributed by atoms with Crippen molar-refractivity contribution in [3.8, 4) is 0 Å². The van der Waals surface area contributed by atoms with E-state index in [0.717, 1.165) is 23.1 Å². The lowest BCUT2D eigenvalue weighted by Crippen LogP contribution is -2.28. The summed E-state index contributed by atoms with van der Waals surface area (Å²) >= 11 is 3.22. The van der Waals surface area contributed by atoms with Crippen LogP contribution in [0.2, 0.25) is 0 Å². The second-order valence-electron chi connectivity index (χ2n) is 6.33. The SMILES string of the molecule is CN(C(=O)CSc1nnc(Cc2cccs2)n1C1CC1)c1ccccc1. The molecule has 0 unspecified atom stereocenters. The summed E-state index contributed by atoms with van der Waals surface area (Å²) in [6, 6.07) is 14.4. The van der Waals surface area contributed by atoms with Gasteiger partial charge < -0.3 is 9.47 Å². The van der Waals surface area contributed by atoms with Crippen molar-refractivity contribution in [3.05, 3.63) is 58.5 Å². The van der Waals surface area contributed by atoms with Crippen LogP contribution in [-0.2, 0) is 11.2 Å². The second kappa shape index (κ2) is 7.63. The molecule has 0 aliphatic heterocycles. The number of benzene rings is 1. The van der Waals surface area contributed by atoms with E-state index in [1.807, 2.05) is 37.4 Å². The van der Waals surface area contributed by atoms with E-state index in [2.05, 4.69) is 32.3 Å². The van der Waals surface area contributed by atoms with Crippen molar-refractivity contribution < 1.29 is 4.79 Å². The molecular weight excluding hydrogens is 364 g/mol. The number of hydrogen-bond donors (Lipinski definition) is 0. The van der Waals surface area contributed by atoms with Crippen LogP contribution < -0.4 is 4.90 Å². The van der Waals surface area contributed by atoms with Gasteiger partial charge in [-0.25, -0.2) is 0 Å². The van der Waals surface area contributed by atoms with Crippen molar-refractivity contribution in [1.29, 1.82) is 0 Å². The predicted octanol–water partition coefficient (Wildman–Crippen LogP) is 4.02. The summed E-state index contributed by atoms with van der Waals surface area (Å²) in [5.74, 6) is 1.42. The number of thiophene rings is 1. The highest BCUT2D eigenvalue weighted by Crippen LogP contribution is 2.39. The number of rotatable bonds is 7. The molecule has 0 spiro atoms.